The predicted molar refractivity (Wildman–Crippen MR) is 210 cm³/mol. The van der Waals surface area contributed by atoms with Crippen molar-refractivity contribution < 1.29 is 24.9 Å². The second-order valence-corrected chi connectivity index (χ2v) is 15.6. The number of carbonyl (C=O) groups excluding carboxylic acids is 1. The van der Waals surface area contributed by atoms with E-state index in [1.165, 1.54) is 29.7 Å². The van der Waals surface area contributed by atoms with Crippen molar-refractivity contribution in [2.45, 2.75) is 102 Å². The van der Waals surface area contributed by atoms with E-state index in [1.807, 2.05) is 24.3 Å². The van der Waals surface area contributed by atoms with Gasteiger partial charge in [0.2, 0.25) is 5.56 Å². The quantitative estimate of drug-likeness (QED) is 0.0753. The Kier molecular flexibility index (Phi) is 14.0. The van der Waals surface area contributed by atoms with Crippen molar-refractivity contribution in [3.63, 3.8) is 0 Å². The van der Waals surface area contributed by atoms with Gasteiger partial charge in [0.1, 0.15) is 5.75 Å². The number of aliphatic hydroxyl groups is 2. The second kappa shape index (κ2) is 19.0. The van der Waals surface area contributed by atoms with Gasteiger partial charge in [0.25, 0.3) is 0 Å². The van der Waals surface area contributed by atoms with Crippen LogP contribution in [0.25, 0.3) is 10.9 Å². The van der Waals surface area contributed by atoms with Crippen molar-refractivity contribution >= 4 is 16.9 Å². The number of aromatic hydroxyl groups is 1. The number of phenolic OH excluding ortho intramolecular Hbond substituents is 1. The van der Waals surface area contributed by atoms with Crippen LogP contribution in [-0.2, 0) is 22.5 Å². The number of aromatic nitrogens is 1. The number of H-pyrrole nitrogens is 1. The summed E-state index contributed by atoms with van der Waals surface area (Å²) in [6.45, 7) is 4.51. The number of carbonyl (C=O) groups is 1. The van der Waals surface area contributed by atoms with Crippen LogP contribution >= 0.6 is 0 Å². The molecule has 9 heteroatoms. The molecule has 2 fully saturated rings. The van der Waals surface area contributed by atoms with Crippen LogP contribution in [0.1, 0.15) is 99.8 Å². The van der Waals surface area contributed by atoms with Gasteiger partial charge in [-0.15, -0.1) is 0 Å². The Morgan fingerprint density at radius 3 is 2.43 bits per heavy atom. The number of fused-ring (bicyclic) bond motifs is 1. The summed E-state index contributed by atoms with van der Waals surface area (Å²) < 4.78 is 5.93. The summed E-state index contributed by atoms with van der Waals surface area (Å²) in [5.74, 6) is -0.333. The molecule has 5 N–H and O–H groups in total. The lowest BCUT2D eigenvalue weighted by Crippen LogP contribution is -2.53. The number of phenols is 1. The molecule has 1 saturated carbocycles. The van der Waals surface area contributed by atoms with Gasteiger partial charge in [0.15, 0.2) is 5.60 Å². The molecule has 1 aromatic heterocycles. The number of allylic oxidation sites excluding steroid dienone is 3. The topological polar surface area (TPSA) is 135 Å². The number of rotatable bonds is 17. The minimum Gasteiger partial charge on any atom is -0.506 e. The van der Waals surface area contributed by atoms with Gasteiger partial charge in [-0.25, -0.2) is 4.79 Å². The van der Waals surface area contributed by atoms with Crippen LogP contribution in [0.2, 0.25) is 0 Å². The molecule has 3 aromatic rings. The van der Waals surface area contributed by atoms with Crippen LogP contribution in [0.3, 0.4) is 0 Å². The first-order chi connectivity index (χ1) is 25.8. The van der Waals surface area contributed by atoms with Crippen molar-refractivity contribution in [3.8, 4) is 5.75 Å². The number of hydrogen-bond acceptors (Lipinski definition) is 8. The number of esters is 1. The van der Waals surface area contributed by atoms with Crippen molar-refractivity contribution in [1.82, 2.24) is 15.2 Å². The van der Waals surface area contributed by atoms with Crippen LogP contribution in [-0.4, -0.2) is 69.6 Å². The van der Waals surface area contributed by atoms with E-state index in [0.717, 1.165) is 96.8 Å². The smallest absolute Gasteiger partial charge is 0.339 e. The first-order valence-electron chi connectivity index (χ1n) is 20.1. The number of aryl methyl sites for hydroxylation is 1. The summed E-state index contributed by atoms with van der Waals surface area (Å²) >= 11 is 0. The van der Waals surface area contributed by atoms with Gasteiger partial charge in [0, 0.05) is 30.5 Å². The Morgan fingerprint density at radius 2 is 1.68 bits per heavy atom. The minimum atomic E-state index is -1.43. The molecule has 1 saturated heterocycles. The van der Waals surface area contributed by atoms with E-state index in [4.69, 9.17) is 4.74 Å². The highest BCUT2D eigenvalue weighted by molar-refractivity contribution is 5.87. The van der Waals surface area contributed by atoms with Gasteiger partial charge in [-0.1, -0.05) is 86.7 Å². The molecule has 2 aromatic carbocycles. The Morgan fingerprint density at radius 1 is 0.925 bits per heavy atom. The van der Waals surface area contributed by atoms with E-state index in [0.29, 0.717) is 42.0 Å². The number of pyridine rings is 1. The summed E-state index contributed by atoms with van der Waals surface area (Å²) in [5.41, 5.74) is 2.00. The van der Waals surface area contributed by atoms with E-state index >= 15 is 0 Å². The fraction of sp³-hybridized carbons (Fsp3) is 0.545. The van der Waals surface area contributed by atoms with E-state index in [2.05, 4.69) is 39.5 Å². The van der Waals surface area contributed by atoms with E-state index in [1.54, 1.807) is 12.1 Å². The normalized spacial score (nSPS) is 20.4. The molecule has 53 heavy (non-hydrogen) atoms. The summed E-state index contributed by atoms with van der Waals surface area (Å²) in [5, 5.41) is 36.7. The van der Waals surface area contributed by atoms with E-state index in [9.17, 15) is 24.9 Å². The molecule has 1 aliphatic heterocycles. The maximum Gasteiger partial charge on any atom is 0.339 e. The summed E-state index contributed by atoms with van der Waals surface area (Å²) in [4.78, 5) is 30.3. The lowest BCUT2D eigenvalue weighted by Gasteiger charge is -2.41. The third-order valence-corrected chi connectivity index (χ3v) is 11.9. The highest BCUT2D eigenvalue weighted by Gasteiger charge is 2.50. The lowest BCUT2D eigenvalue weighted by atomic mass is 9.68. The van der Waals surface area contributed by atoms with Crippen LogP contribution in [0.5, 0.6) is 5.75 Å². The van der Waals surface area contributed by atoms with Crippen molar-refractivity contribution in [3.05, 3.63) is 99.9 Å². The third kappa shape index (κ3) is 10.3. The van der Waals surface area contributed by atoms with Crippen LogP contribution in [0.15, 0.2) is 77.6 Å². The number of nitrogens with zero attached hydrogens (tertiary/aromatic N) is 1. The molecular formula is C44H59N3O6. The number of likely N-dealkylation sites (tertiary alicyclic amines) is 1. The summed E-state index contributed by atoms with van der Waals surface area (Å²) in [6, 6.07) is 15.3. The molecule has 0 spiro atoms. The number of aliphatic hydroxyl groups excluding tert-OH is 1. The molecule has 3 aliphatic rings. The van der Waals surface area contributed by atoms with Gasteiger partial charge in [0.05, 0.1) is 18.2 Å². The minimum absolute atomic E-state index is 0.00593. The number of piperidine rings is 1. The fourth-order valence-corrected chi connectivity index (χ4v) is 8.59. The average Bonchev–Trinajstić information content (AvgIpc) is 3.19. The number of unbranched alkanes of at least 4 members (excludes halogenated alkanes) is 3. The monoisotopic (exact) mass is 725 g/mol. The molecule has 3 atom stereocenters. The molecule has 9 nitrogen and oxygen atoms in total. The maximum atomic E-state index is 13.5. The summed E-state index contributed by atoms with van der Waals surface area (Å²) in [6.07, 6.45) is 20.5. The molecule has 286 valence electrons. The first kappa shape index (κ1) is 38.9. The zero-order valence-electron chi connectivity index (χ0n) is 31.2. The largest absolute Gasteiger partial charge is 0.506 e. The maximum absolute atomic E-state index is 13.5. The van der Waals surface area contributed by atoms with Gasteiger partial charge >= 0.3 is 5.97 Å². The van der Waals surface area contributed by atoms with Gasteiger partial charge in [-0.3, -0.25) is 9.69 Å². The third-order valence-electron chi connectivity index (χ3n) is 11.9. The first-order valence-corrected chi connectivity index (χ1v) is 20.1. The zero-order valence-corrected chi connectivity index (χ0v) is 31.2. The SMILES string of the molecule is O=C(OCC1CCN(Cc2ccc(CCCCCCNC[C@H](O)c3ccc(O)c4[nH]c(=O)ccc34)cc2)CC1)C(O)(C1C=CC=CC1)C1CCCCC1. The summed E-state index contributed by atoms with van der Waals surface area (Å²) in [7, 11) is 0. The van der Waals surface area contributed by atoms with Crippen molar-refractivity contribution in [2.75, 3.05) is 32.8 Å². The van der Waals surface area contributed by atoms with Crippen LogP contribution < -0.4 is 10.9 Å². The van der Waals surface area contributed by atoms with E-state index < -0.39 is 17.7 Å². The fourth-order valence-electron chi connectivity index (χ4n) is 8.59. The number of ether oxygens (including phenoxy) is 1. The Balaban J connectivity index is 0.838. The van der Waals surface area contributed by atoms with Crippen molar-refractivity contribution in [1.29, 1.82) is 0 Å². The molecule has 0 amide bonds. The Hall–Kier alpha value is -3.76. The molecule has 0 radical (unpaired) electrons. The lowest BCUT2D eigenvalue weighted by molar-refractivity contribution is -0.181. The molecule has 0 bridgehead atoms. The second-order valence-electron chi connectivity index (χ2n) is 15.6. The molecule has 2 heterocycles. The average molecular weight is 726 g/mol. The van der Waals surface area contributed by atoms with Crippen LogP contribution in [0.4, 0.5) is 0 Å². The van der Waals surface area contributed by atoms with Crippen LogP contribution in [0, 0.1) is 17.8 Å². The Labute approximate surface area is 314 Å². The number of aromatic amines is 1. The number of hydrogen-bond donors (Lipinski definition) is 5. The predicted octanol–water partition coefficient (Wildman–Crippen LogP) is 6.86. The molecule has 2 unspecified atom stereocenters. The highest BCUT2D eigenvalue weighted by atomic mass is 16.5. The standard InChI is InChI=1S/C44H59N3O6/c48-39-22-20-37(38-21-23-41(50)46-42(38)39)40(49)29-45-26-10-2-1-5-11-32-16-18-33(19-17-32)30-47-27-24-34(25-28-47)31-53-43(51)44(52,35-12-6-3-7-13-35)36-14-8-4-9-15-36/h3,6-7,12,16-23,34-36,40,45,48-49,52H,1-2,4-5,8-11,13-15,24-31H2,(H,46,50)/t35?,40-,44?/m0/s1. The number of nitrogens with one attached hydrogen (secondary N) is 2. The molecule has 2 aliphatic carbocycles. The number of benzene rings is 2. The van der Waals surface area contributed by atoms with Gasteiger partial charge in [-0.05, 0) is 112 Å². The van der Waals surface area contributed by atoms with Crippen molar-refractivity contribution in [2.24, 2.45) is 17.8 Å². The Bertz CT molecular complexity index is 1740. The molecule has 6 rings (SSSR count). The van der Waals surface area contributed by atoms with Gasteiger partial charge in [-0.2, -0.15) is 0 Å². The highest BCUT2D eigenvalue weighted by Crippen LogP contribution is 2.41. The van der Waals surface area contributed by atoms with Gasteiger partial charge < -0.3 is 30.4 Å². The zero-order chi connectivity index (χ0) is 37.0. The molecular weight excluding hydrogens is 666 g/mol. The van der Waals surface area contributed by atoms with E-state index in [-0.39, 0.29) is 23.1 Å².